The van der Waals surface area contributed by atoms with Crippen molar-refractivity contribution in [3.8, 4) is 0 Å². The molecule has 152 valence electrons. The Morgan fingerprint density at radius 1 is 1.43 bits per heavy atom. The lowest BCUT2D eigenvalue weighted by Crippen LogP contribution is -2.37. The molecule has 1 aliphatic heterocycles. The van der Waals surface area contributed by atoms with Gasteiger partial charge in [0, 0.05) is 36.0 Å². The maximum atomic E-state index is 13.0. The second-order valence-corrected chi connectivity index (χ2v) is 6.89. The summed E-state index contributed by atoms with van der Waals surface area (Å²) in [6, 6.07) is -0.522. The maximum Gasteiger partial charge on any atom is 0.255 e. The molecule has 0 bridgehead atoms. The molecule has 0 aromatic rings. The number of halogens is 2. The largest absolute Gasteiger partial charge is 0.388 e. The Bertz CT molecular complexity index is 754. The van der Waals surface area contributed by atoms with Crippen molar-refractivity contribution >= 4 is 36.3 Å². The van der Waals surface area contributed by atoms with E-state index in [-0.39, 0.29) is 41.3 Å². The molecule has 1 unspecified atom stereocenters. The van der Waals surface area contributed by atoms with Crippen LogP contribution in [0.2, 0.25) is 0 Å². The average molecular weight is 410 g/mol. The maximum absolute atomic E-state index is 13.0. The molecule has 0 spiro atoms. The van der Waals surface area contributed by atoms with E-state index in [9.17, 15) is 18.8 Å². The van der Waals surface area contributed by atoms with Crippen molar-refractivity contribution in [1.29, 1.82) is 0 Å². The van der Waals surface area contributed by atoms with Crippen LogP contribution in [0, 0.1) is 5.92 Å². The molecule has 6 nitrogen and oxygen atoms in total. The number of carbonyl (C=O) groups excluding carboxylic acids is 3. The molecule has 1 N–H and O–H groups in total. The van der Waals surface area contributed by atoms with Crippen LogP contribution in [0.3, 0.4) is 0 Å². The molecule has 1 atom stereocenters. The third kappa shape index (κ3) is 5.99. The van der Waals surface area contributed by atoms with Gasteiger partial charge in [0.25, 0.3) is 5.91 Å². The zero-order valence-electron chi connectivity index (χ0n) is 16.2. The third-order valence-electron chi connectivity index (χ3n) is 4.19. The summed E-state index contributed by atoms with van der Waals surface area (Å²) in [5.41, 5.74) is 1.16. The van der Waals surface area contributed by atoms with E-state index in [0.29, 0.717) is 17.4 Å². The van der Waals surface area contributed by atoms with Crippen molar-refractivity contribution in [2.45, 2.75) is 26.8 Å². The van der Waals surface area contributed by atoms with Crippen LogP contribution in [0.15, 0.2) is 51.3 Å². The summed E-state index contributed by atoms with van der Waals surface area (Å²) in [7, 11) is 0. The number of rotatable bonds is 11. The first kappa shape index (κ1) is 23.5. The summed E-state index contributed by atoms with van der Waals surface area (Å²) in [5.74, 6) is -0.749. The SMILES string of the molecule is C=N/C=C\C1=C(C(=O)C(C)C)CN(C(C)C(C=C(Cl)C=O)=CNCCF)C1=O. The predicted octanol–water partition coefficient (Wildman–Crippen LogP) is 2.72. The Morgan fingerprint density at radius 2 is 2.11 bits per heavy atom. The molecule has 0 radical (unpaired) electrons. The van der Waals surface area contributed by atoms with Crippen LogP contribution in [0.25, 0.3) is 0 Å². The minimum Gasteiger partial charge on any atom is -0.388 e. The number of amides is 1. The number of carbonyl (C=O) groups is 3. The highest BCUT2D eigenvalue weighted by Crippen LogP contribution is 2.28. The lowest BCUT2D eigenvalue weighted by Gasteiger charge is -2.26. The Kier molecular flexibility index (Phi) is 9.51. The smallest absolute Gasteiger partial charge is 0.255 e. The van der Waals surface area contributed by atoms with Crippen LogP contribution in [0.1, 0.15) is 20.8 Å². The quantitative estimate of drug-likeness (QED) is 0.187. The number of aldehydes is 1. The highest BCUT2D eigenvalue weighted by atomic mass is 35.5. The van der Waals surface area contributed by atoms with E-state index >= 15 is 0 Å². The van der Waals surface area contributed by atoms with Crippen molar-refractivity contribution in [3.63, 3.8) is 0 Å². The van der Waals surface area contributed by atoms with Crippen molar-refractivity contribution in [3.05, 3.63) is 46.3 Å². The molecule has 1 aliphatic rings. The molecule has 0 saturated heterocycles. The number of aliphatic imine (C=N–C) groups is 1. The Labute approximate surface area is 169 Å². The number of ketones is 1. The summed E-state index contributed by atoms with van der Waals surface area (Å²) in [5, 5.41) is 2.71. The van der Waals surface area contributed by atoms with E-state index in [4.69, 9.17) is 11.6 Å². The first-order valence-electron chi connectivity index (χ1n) is 8.80. The zero-order chi connectivity index (χ0) is 21.3. The van der Waals surface area contributed by atoms with Gasteiger partial charge in [-0.3, -0.25) is 19.4 Å². The van der Waals surface area contributed by atoms with E-state index in [2.05, 4.69) is 17.0 Å². The van der Waals surface area contributed by atoms with Crippen molar-refractivity contribution in [2.75, 3.05) is 19.8 Å². The van der Waals surface area contributed by atoms with Crippen LogP contribution >= 0.6 is 11.6 Å². The van der Waals surface area contributed by atoms with Gasteiger partial charge in [-0.15, -0.1) is 0 Å². The van der Waals surface area contributed by atoms with E-state index < -0.39 is 12.7 Å². The molecule has 1 rings (SSSR count). The molecule has 28 heavy (non-hydrogen) atoms. The van der Waals surface area contributed by atoms with E-state index in [1.165, 1.54) is 29.5 Å². The number of nitrogens with one attached hydrogen (secondary N) is 1. The van der Waals surface area contributed by atoms with Gasteiger partial charge in [-0.2, -0.15) is 0 Å². The van der Waals surface area contributed by atoms with Crippen LogP contribution in [0.5, 0.6) is 0 Å². The molecule has 0 aromatic heterocycles. The van der Waals surface area contributed by atoms with E-state index in [1.54, 1.807) is 20.8 Å². The second-order valence-electron chi connectivity index (χ2n) is 6.45. The lowest BCUT2D eigenvalue weighted by atomic mass is 9.98. The molecule has 0 aromatic carbocycles. The second kappa shape index (κ2) is 11.3. The van der Waals surface area contributed by atoms with Crippen LogP contribution in [0.4, 0.5) is 4.39 Å². The lowest BCUT2D eigenvalue weighted by molar-refractivity contribution is -0.126. The first-order valence-corrected chi connectivity index (χ1v) is 9.18. The number of hydrogen-bond donors (Lipinski definition) is 1. The van der Waals surface area contributed by atoms with Gasteiger partial charge in [0.2, 0.25) is 0 Å². The molecule has 0 fully saturated rings. The first-order chi connectivity index (χ1) is 13.3. The number of hydrogen-bond acceptors (Lipinski definition) is 5. The van der Waals surface area contributed by atoms with Crippen LogP contribution < -0.4 is 5.32 Å². The molecular weight excluding hydrogens is 385 g/mol. The minimum atomic E-state index is -0.579. The molecule has 8 heteroatoms. The Morgan fingerprint density at radius 3 is 2.64 bits per heavy atom. The summed E-state index contributed by atoms with van der Waals surface area (Å²) < 4.78 is 12.4. The van der Waals surface area contributed by atoms with Crippen LogP contribution in [-0.2, 0) is 14.4 Å². The van der Waals surface area contributed by atoms with Gasteiger partial charge < -0.3 is 10.2 Å². The Hall–Kier alpha value is -2.54. The fourth-order valence-electron chi connectivity index (χ4n) is 2.68. The van der Waals surface area contributed by atoms with Gasteiger partial charge in [0.1, 0.15) is 6.67 Å². The van der Waals surface area contributed by atoms with Crippen molar-refractivity contribution < 1.29 is 18.8 Å². The minimum absolute atomic E-state index is 0.0609. The summed E-state index contributed by atoms with van der Waals surface area (Å²) in [6.07, 6.45) is 6.21. The van der Waals surface area contributed by atoms with Gasteiger partial charge in [0.15, 0.2) is 12.1 Å². The number of alkyl halides is 1. The molecule has 1 heterocycles. The number of Topliss-reactive ketones (excluding diaryl/α,β-unsaturated/α-hetero) is 1. The highest BCUT2D eigenvalue weighted by Gasteiger charge is 2.36. The molecule has 1 amide bonds. The summed E-state index contributed by atoms with van der Waals surface area (Å²) >= 11 is 5.83. The van der Waals surface area contributed by atoms with Gasteiger partial charge in [-0.05, 0) is 31.4 Å². The predicted molar refractivity (Wildman–Crippen MR) is 109 cm³/mol. The van der Waals surface area contributed by atoms with Gasteiger partial charge in [-0.1, -0.05) is 25.4 Å². The molecule has 0 saturated carbocycles. The standard InChI is InChI=1S/C20H25ClFN3O3/c1-13(2)19(27)18-11-25(20(28)17(18)5-7-23-4)14(3)15(9-16(21)12-26)10-24-8-6-22/h5,7,9-10,12-14,24H,4,6,8,11H2,1-3H3/b7-5-,15-10?,16-9?. The number of nitrogens with zero attached hydrogens (tertiary/aromatic N) is 2. The zero-order valence-corrected chi connectivity index (χ0v) is 17.0. The van der Waals surface area contributed by atoms with Crippen molar-refractivity contribution in [2.24, 2.45) is 10.9 Å². The van der Waals surface area contributed by atoms with E-state index in [1.807, 2.05) is 0 Å². The molecule has 0 aliphatic carbocycles. The highest BCUT2D eigenvalue weighted by molar-refractivity contribution is 6.38. The summed E-state index contributed by atoms with van der Waals surface area (Å²) in [4.78, 5) is 41.5. The summed E-state index contributed by atoms with van der Waals surface area (Å²) in [6.45, 7) is 8.21. The average Bonchev–Trinajstić information content (AvgIpc) is 3.00. The van der Waals surface area contributed by atoms with Gasteiger partial charge in [-0.25, -0.2) is 4.39 Å². The Balaban J connectivity index is 3.27. The number of allylic oxidation sites excluding steroid dienone is 1. The monoisotopic (exact) mass is 409 g/mol. The fraction of sp³-hybridized carbons (Fsp3) is 0.400. The van der Waals surface area contributed by atoms with Crippen LogP contribution in [-0.4, -0.2) is 55.4 Å². The fourth-order valence-corrected chi connectivity index (χ4v) is 2.81. The normalized spacial score (nSPS) is 16.9. The van der Waals surface area contributed by atoms with Gasteiger partial charge in [0.05, 0.1) is 17.6 Å². The van der Waals surface area contributed by atoms with Crippen molar-refractivity contribution in [1.82, 2.24) is 10.2 Å². The van der Waals surface area contributed by atoms with Gasteiger partial charge >= 0.3 is 0 Å². The molecular formula is C20H25ClFN3O3. The van der Waals surface area contributed by atoms with E-state index in [0.717, 1.165) is 0 Å². The topological polar surface area (TPSA) is 78.8 Å². The third-order valence-corrected chi connectivity index (χ3v) is 4.39.